The summed E-state index contributed by atoms with van der Waals surface area (Å²) in [5.41, 5.74) is -0.283. The minimum Gasteiger partial charge on any atom is -0.394 e. The number of aliphatic hydroxyl groups is 1. The lowest BCUT2D eigenvalue weighted by Crippen LogP contribution is -2.45. The van der Waals surface area contributed by atoms with E-state index in [-0.39, 0.29) is 36.2 Å². The second-order valence-corrected chi connectivity index (χ2v) is 4.31. The van der Waals surface area contributed by atoms with Crippen molar-refractivity contribution in [1.82, 2.24) is 10.2 Å². The third-order valence-corrected chi connectivity index (χ3v) is 2.31. The fourth-order valence-corrected chi connectivity index (χ4v) is 1.39. The average Bonchev–Trinajstić information content (AvgIpc) is 2.58. The third kappa shape index (κ3) is 5.31. The number of ether oxygens (including phenoxy) is 1. The molecule has 0 saturated heterocycles. The average molecular weight is 343 g/mol. The summed E-state index contributed by atoms with van der Waals surface area (Å²) in [4.78, 5) is 6.41. The zero-order valence-electron chi connectivity index (χ0n) is 10.2. The summed E-state index contributed by atoms with van der Waals surface area (Å²) in [6.45, 7) is 6.94. The number of hydrogen-bond acceptors (Lipinski definition) is 5. The van der Waals surface area contributed by atoms with Gasteiger partial charge in [-0.1, -0.05) is 0 Å². The van der Waals surface area contributed by atoms with E-state index >= 15 is 0 Å². The van der Waals surface area contributed by atoms with Gasteiger partial charge in [-0.25, -0.2) is 0 Å². The van der Waals surface area contributed by atoms with E-state index in [2.05, 4.69) is 15.2 Å². The lowest BCUT2D eigenvalue weighted by Gasteiger charge is -2.27. The molecule has 5 nitrogen and oxygen atoms in total. The van der Waals surface area contributed by atoms with Gasteiger partial charge in [0.15, 0.2) is 5.96 Å². The molecule has 1 heterocycles. The fraction of sp³-hybridized carbons (Fsp3) is 0.900. The summed E-state index contributed by atoms with van der Waals surface area (Å²) < 4.78 is 5.49. The van der Waals surface area contributed by atoms with Crippen LogP contribution in [0.2, 0.25) is 0 Å². The van der Waals surface area contributed by atoms with Gasteiger partial charge in [-0.2, -0.15) is 0 Å². The molecule has 0 radical (unpaired) electrons. The predicted molar refractivity (Wildman–Crippen MR) is 75.5 cm³/mol. The van der Waals surface area contributed by atoms with E-state index in [4.69, 9.17) is 9.84 Å². The van der Waals surface area contributed by atoms with Gasteiger partial charge in [0.1, 0.15) is 0 Å². The van der Waals surface area contributed by atoms with Crippen LogP contribution in [0, 0.1) is 0 Å². The third-order valence-electron chi connectivity index (χ3n) is 2.31. The van der Waals surface area contributed by atoms with Crippen molar-refractivity contribution in [3.05, 3.63) is 0 Å². The molecule has 96 valence electrons. The molecule has 0 aromatic rings. The standard InChI is InChI=1S/C10H21N3O2.HI/c1-10(2,15-7-6-14)8-12-9-11-4-5-13(9)3;/h14H,4-8H2,1-3H3,(H,11,12);1H. The molecular weight excluding hydrogens is 321 g/mol. The van der Waals surface area contributed by atoms with Crippen LogP contribution in [-0.2, 0) is 4.74 Å². The number of nitrogens with zero attached hydrogens (tertiary/aromatic N) is 2. The molecule has 0 aromatic carbocycles. The Morgan fingerprint density at radius 2 is 2.25 bits per heavy atom. The van der Waals surface area contributed by atoms with Crippen LogP contribution in [-0.4, -0.2) is 61.5 Å². The first-order valence-corrected chi connectivity index (χ1v) is 5.29. The Labute approximate surface area is 114 Å². The first-order valence-electron chi connectivity index (χ1n) is 5.29. The van der Waals surface area contributed by atoms with Crippen LogP contribution in [0.1, 0.15) is 13.8 Å². The molecule has 0 aromatic heterocycles. The van der Waals surface area contributed by atoms with Crippen molar-refractivity contribution in [1.29, 1.82) is 0 Å². The van der Waals surface area contributed by atoms with E-state index in [1.807, 2.05) is 20.9 Å². The van der Waals surface area contributed by atoms with Crippen molar-refractivity contribution in [2.45, 2.75) is 19.4 Å². The molecule has 16 heavy (non-hydrogen) atoms. The minimum absolute atomic E-state index is 0. The monoisotopic (exact) mass is 343 g/mol. The van der Waals surface area contributed by atoms with E-state index < -0.39 is 0 Å². The Morgan fingerprint density at radius 1 is 1.56 bits per heavy atom. The molecule has 6 heteroatoms. The molecule has 0 saturated carbocycles. The molecular formula is C10H22IN3O2. The smallest absolute Gasteiger partial charge is 0.193 e. The van der Waals surface area contributed by atoms with Crippen LogP contribution in [0.3, 0.4) is 0 Å². The van der Waals surface area contributed by atoms with Gasteiger partial charge in [0.05, 0.1) is 25.4 Å². The Bertz CT molecular complexity index is 234. The topological polar surface area (TPSA) is 57.1 Å². The maximum atomic E-state index is 8.67. The molecule has 1 aliphatic rings. The van der Waals surface area contributed by atoms with Crippen LogP contribution in [0.4, 0.5) is 0 Å². The number of aliphatic imine (C=N–C) groups is 1. The molecule has 0 spiro atoms. The minimum atomic E-state index is -0.283. The molecule has 2 N–H and O–H groups in total. The second kappa shape index (κ2) is 7.29. The van der Waals surface area contributed by atoms with Gasteiger partial charge in [0.25, 0.3) is 0 Å². The summed E-state index contributed by atoms with van der Waals surface area (Å²) in [5.74, 6) is 0.927. The molecule has 0 fully saturated rings. The second-order valence-electron chi connectivity index (χ2n) is 4.31. The quantitative estimate of drug-likeness (QED) is 0.705. The number of hydrogen-bond donors (Lipinski definition) is 2. The lowest BCUT2D eigenvalue weighted by molar-refractivity contribution is -0.0293. The van der Waals surface area contributed by atoms with E-state index in [0.717, 1.165) is 19.0 Å². The summed E-state index contributed by atoms with van der Waals surface area (Å²) >= 11 is 0. The van der Waals surface area contributed by atoms with Gasteiger partial charge >= 0.3 is 0 Å². The molecule has 0 atom stereocenters. The van der Waals surface area contributed by atoms with Crippen molar-refractivity contribution in [2.75, 3.05) is 39.9 Å². The van der Waals surface area contributed by atoms with Gasteiger partial charge in [-0.15, -0.1) is 24.0 Å². The Kier molecular flexibility index (Phi) is 7.25. The molecule has 0 unspecified atom stereocenters. The van der Waals surface area contributed by atoms with Gasteiger partial charge in [-0.3, -0.25) is 4.99 Å². The zero-order chi connectivity index (χ0) is 11.3. The van der Waals surface area contributed by atoms with Gasteiger partial charge < -0.3 is 20.1 Å². The Balaban J connectivity index is 0.00000225. The van der Waals surface area contributed by atoms with Crippen LogP contribution in [0.25, 0.3) is 0 Å². The highest BCUT2D eigenvalue weighted by Crippen LogP contribution is 2.07. The maximum absolute atomic E-state index is 8.67. The lowest BCUT2D eigenvalue weighted by atomic mass is 10.1. The first kappa shape index (κ1) is 15.9. The van der Waals surface area contributed by atoms with Crippen molar-refractivity contribution in [3.63, 3.8) is 0 Å². The summed E-state index contributed by atoms with van der Waals surface area (Å²) in [6.07, 6.45) is 0. The largest absolute Gasteiger partial charge is 0.394 e. The highest BCUT2D eigenvalue weighted by atomic mass is 127. The fourth-order valence-electron chi connectivity index (χ4n) is 1.39. The van der Waals surface area contributed by atoms with E-state index in [1.54, 1.807) is 0 Å². The first-order chi connectivity index (χ1) is 7.05. The van der Waals surface area contributed by atoms with Crippen LogP contribution in [0.15, 0.2) is 4.99 Å². The number of rotatable bonds is 5. The normalized spacial score (nSPS) is 15.8. The van der Waals surface area contributed by atoms with Gasteiger partial charge in [0, 0.05) is 20.1 Å². The highest BCUT2D eigenvalue weighted by molar-refractivity contribution is 14.0. The van der Waals surface area contributed by atoms with E-state index in [9.17, 15) is 0 Å². The number of aliphatic hydroxyl groups excluding tert-OH is 1. The van der Waals surface area contributed by atoms with Gasteiger partial charge in [0.2, 0.25) is 0 Å². The number of guanidine groups is 1. The van der Waals surface area contributed by atoms with Crippen molar-refractivity contribution in [2.24, 2.45) is 4.99 Å². The van der Waals surface area contributed by atoms with Crippen LogP contribution in [0.5, 0.6) is 0 Å². The Hall–Kier alpha value is -0.0800. The van der Waals surface area contributed by atoms with Crippen molar-refractivity contribution >= 4 is 29.9 Å². The molecule has 0 amide bonds. The van der Waals surface area contributed by atoms with Crippen molar-refractivity contribution in [3.8, 4) is 0 Å². The zero-order valence-corrected chi connectivity index (χ0v) is 12.5. The molecule has 1 aliphatic heterocycles. The highest BCUT2D eigenvalue weighted by Gasteiger charge is 2.20. The Morgan fingerprint density at radius 3 is 2.75 bits per heavy atom. The van der Waals surface area contributed by atoms with Crippen LogP contribution < -0.4 is 5.32 Å². The summed E-state index contributed by atoms with van der Waals surface area (Å²) in [7, 11) is 2.01. The van der Waals surface area contributed by atoms with Crippen LogP contribution >= 0.6 is 24.0 Å². The summed E-state index contributed by atoms with van der Waals surface area (Å²) in [6, 6.07) is 0. The summed E-state index contributed by atoms with van der Waals surface area (Å²) in [5, 5.41) is 11.9. The number of likely N-dealkylation sites (N-methyl/N-ethyl adjacent to an activating group) is 1. The molecule has 0 aliphatic carbocycles. The van der Waals surface area contributed by atoms with Crippen molar-refractivity contribution < 1.29 is 9.84 Å². The number of halogens is 1. The molecule has 0 bridgehead atoms. The predicted octanol–water partition coefficient (Wildman–Crippen LogP) is 0.283. The number of nitrogens with one attached hydrogen (secondary N) is 1. The van der Waals surface area contributed by atoms with E-state index in [1.165, 1.54) is 0 Å². The van der Waals surface area contributed by atoms with Gasteiger partial charge in [-0.05, 0) is 13.8 Å². The molecule has 1 rings (SSSR count). The maximum Gasteiger partial charge on any atom is 0.193 e. The van der Waals surface area contributed by atoms with E-state index in [0.29, 0.717) is 13.2 Å². The SMILES string of the molecule is CN1CCN=C1NCC(C)(C)OCCO.I.